The van der Waals surface area contributed by atoms with Crippen LogP contribution in [0.15, 0.2) is 17.5 Å². The van der Waals surface area contributed by atoms with Gasteiger partial charge in [-0.25, -0.2) is 8.42 Å². The van der Waals surface area contributed by atoms with Crippen LogP contribution in [0.3, 0.4) is 0 Å². The van der Waals surface area contributed by atoms with Crippen LogP contribution in [0.25, 0.3) is 0 Å². The van der Waals surface area contributed by atoms with Crippen LogP contribution in [0.4, 0.5) is 0 Å². The van der Waals surface area contributed by atoms with Crippen molar-refractivity contribution in [3.63, 3.8) is 0 Å². The topological polar surface area (TPSA) is 79.0 Å². The van der Waals surface area contributed by atoms with E-state index in [1.165, 1.54) is 9.18 Å². The smallest absolute Gasteiger partial charge is 0.221 e. The standard InChI is InChI=1S/C15H25N3O4S2/c1-17(2)13(14-4-3-10-23-14)12-16-15(19)5-11-24(20,21)18-6-8-22-9-7-18/h3-4,10,13H,5-9,11-12H2,1-2H3,(H,16,19). The number of hydrogen-bond donors (Lipinski definition) is 1. The lowest BCUT2D eigenvalue weighted by atomic mass is 10.2. The molecule has 1 aromatic heterocycles. The van der Waals surface area contributed by atoms with Gasteiger partial charge < -0.3 is 15.0 Å². The van der Waals surface area contributed by atoms with E-state index < -0.39 is 10.0 Å². The van der Waals surface area contributed by atoms with Crippen molar-refractivity contribution in [1.29, 1.82) is 0 Å². The Kier molecular flexibility index (Phi) is 7.17. The number of hydrogen-bond acceptors (Lipinski definition) is 6. The first kappa shape index (κ1) is 19.3. The molecule has 1 atom stereocenters. The summed E-state index contributed by atoms with van der Waals surface area (Å²) in [6.45, 7) is 2.02. The van der Waals surface area contributed by atoms with Gasteiger partial charge in [-0.2, -0.15) is 4.31 Å². The van der Waals surface area contributed by atoms with Gasteiger partial charge in [-0.15, -0.1) is 11.3 Å². The molecule has 136 valence electrons. The fourth-order valence-corrected chi connectivity index (χ4v) is 4.82. The number of morpholine rings is 1. The molecule has 2 rings (SSSR count). The van der Waals surface area contributed by atoms with Crippen LogP contribution < -0.4 is 5.32 Å². The van der Waals surface area contributed by atoms with Gasteiger partial charge in [0.05, 0.1) is 25.0 Å². The van der Waals surface area contributed by atoms with E-state index >= 15 is 0 Å². The molecule has 1 N–H and O–H groups in total. The van der Waals surface area contributed by atoms with Crippen molar-refractivity contribution in [3.8, 4) is 0 Å². The number of likely N-dealkylation sites (N-methyl/N-ethyl adjacent to an activating group) is 1. The number of nitrogens with zero attached hydrogens (tertiary/aromatic N) is 2. The molecular weight excluding hydrogens is 350 g/mol. The average molecular weight is 376 g/mol. The molecule has 1 aliphatic heterocycles. The highest BCUT2D eigenvalue weighted by Crippen LogP contribution is 2.22. The maximum absolute atomic E-state index is 12.2. The van der Waals surface area contributed by atoms with E-state index in [9.17, 15) is 13.2 Å². The molecule has 24 heavy (non-hydrogen) atoms. The lowest BCUT2D eigenvalue weighted by Gasteiger charge is -2.26. The van der Waals surface area contributed by atoms with Gasteiger partial charge in [0.15, 0.2) is 0 Å². The summed E-state index contributed by atoms with van der Waals surface area (Å²) in [7, 11) is 0.523. The van der Waals surface area contributed by atoms with Crippen molar-refractivity contribution < 1.29 is 17.9 Å². The summed E-state index contributed by atoms with van der Waals surface area (Å²) < 4.78 is 31.0. The highest BCUT2D eigenvalue weighted by molar-refractivity contribution is 7.89. The Morgan fingerprint density at radius 3 is 2.71 bits per heavy atom. The minimum atomic E-state index is -3.39. The summed E-state index contributed by atoms with van der Waals surface area (Å²) in [5, 5.41) is 4.85. The third kappa shape index (κ3) is 5.52. The van der Waals surface area contributed by atoms with E-state index in [-0.39, 0.29) is 24.1 Å². The second kappa shape index (κ2) is 8.91. The molecule has 1 aromatic rings. The van der Waals surface area contributed by atoms with E-state index in [0.717, 1.165) is 0 Å². The maximum Gasteiger partial charge on any atom is 0.221 e. The Morgan fingerprint density at radius 1 is 1.42 bits per heavy atom. The number of rotatable bonds is 8. The zero-order valence-electron chi connectivity index (χ0n) is 14.1. The molecule has 0 saturated carbocycles. The minimum absolute atomic E-state index is 0.0235. The van der Waals surface area contributed by atoms with Gasteiger partial charge in [0, 0.05) is 30.9 Å². The lowest BCUT2D eigenvalue weighted by molar-refractivity contribution is -0.120. The van der Waals surface area contributed by atoms with Crippen molar-refractivity contribution in [2.24, 2.45) is 0 Å². The molecule has 9 heteroatoms. The first-order valence-electron chi connectivity index (χ1n) is 7.92. The quantitative estimate of drug-likeness (QED) is 0.717. The highest BCUT2D eigenvalue weighted by atomic mass is 32.2. The second-order valence-corrected chi connectivity index (χ2v) is 8.94. The van der Waals surface area contributed by atoms with Crippen LogP contribution in [0.1, 0.15) is 17.3 Å². The van der Waals surface area contributed by atoms with E-state index in [2.05, 4.69) is 5.32 Å². The van der Waals surface area contributed by atoms with Gasteiger partial charge in [-0.1, -0.05) is 6.07 Å². The third-order valence-electron chi connectivity index (χ3n) is 3.94. The van der Waals surface area contributed by atoms with Crippen molar-refractivity contribution in [2.75, 3.05) is 52.7 Å². The monoisotopic (exact) mass is 375 g/mol. The summed E-state index contributed by atoms with van der Waals surface area (Å²) in [5.41, 5.74) is 0. The molecule has 1 aliphatic rings. The van der Waals surface area contributed by atoms with Crippen LogP contribution in [0.2, 0.25) is 0 Å². The molecule has 7 nitrogen and oxygen atoms in total. The second-order valence-electron chi connectivity index (χ2n) is 5.88. The molecule has 1 unspecified atom stereocenters. The van der Waals surface area contributed by atoms with Crippen LogP contribution >= 0.6 is 11.3 Å². The number of sulfonamides is 1. The van der Waals surface area contributed by atoms with Gasteiger partial charge in [0.25, 0.3) is 0 Å². The van der Waals surface area contributed by atoms with Crippen LogP contribution in [0, 0.1) is 0 Å². The predicted octanol–water partition coefficient (Wildman–Crippen LogP) is 0.519. The molecular formula is C15H25N3O4S2. The van der Waals surface area contributed by atoms with Gasteiger partial charge >= 0.3 is 0 Å². The predicted molar refractivity (Wildman–Crippen MR) is 94.6 cm³/mol. The highest BCUT2D eigenvalue weighted by Gasteiger charge is 2.25. The Hall–Kier alpha value is -1.00. The molecule has 1 amide bonds. The van der Waals surface area contributed by atoms with Crippen LogP contribution in [-0.2, 0) is 19.6 Å². The van der Waals surface area contributed by atoms with Gasteiger partial charge in [-0.3, -0.25) is 4.79 Å². The number of amides is 1. The zero-order valence-corrected chi connectivity index (χ0v) is 15.7. The molecule has 0 spiro atoms. The number of carbonyl (C=O) groups excluding carboxylic acids is 1. The third-order valence-corrected chi connectivity index (χ3v) is 6.78. The van der Waals surface area contributed by atoms with E-state index in [1.54, 1.807) is 11.3 Å². The summed E-state index contributed by atoms with van der Waals surface area (Å²) >= 11 is 1.64. The van der Waals surface area contributed by atoms with Crippen molar-refractivity contribution in [2.45, 2.75) is 12.5 Å². The first-order chi connectivity index (χ1) is 11.4. The summed E-state index contributed by atoms with van der Waals surface area (Å²) in [6, 6.07) is 4.10. The molecule has 0 aromatic carbocycles. The Morgan fingerprint density at radius 2 is 2.12 bits per heavy atom. The van der Waals surface area contributed by atoms with E-state index in [1.807, 2.05) is 36.5 Å². The molecule has 0 bridgehead atoms. The Balaban J connectivity index is 1.80. The lowest BCUT2D eigenvalue weighted by Crippen LogP contribution is -2.42. The Labute approximate surface area is 147 Å². The number of carbonyl (C=O) groups is 1. The Bertz CT molecular complexity index is 611. The van der Waals surface area contributed by atoms with Gasteiger partial charge in [-0.05, 0) is 25.5 Å². The van der Waals surface area contributed by atoms with E-state index in [4.69, 9.17) is 4.74 Å². The molecule has 0 radical (unpaired) electrons. The number of ether oxygens (including phenoxy) is 1. The molecule has 2 heterocycles. The largest absolute Gasteiger partial charge is 0.379 e. The summed E-state index contributed by atoms with van der Waals surface area (Å²) in [6.07, 6.45) is -0.0235. The number of thiophene rings is 1. The summed E-state index contributed by atoms with van der Waals surface area (Å²) in [4.78, 5) is 15.2. The molecule has 0 aliphatic carbocycles. The van der Waals surface area contributed by atoms with E-state index in [0.29, 0.717) is 32.8 Å². The first-order valence-corrected chi connectivity index (χ1v) is 10.4. The SMILES string of the molecule is CN(C)C(CNC(=O)CCS(=O)(=O)N1CCOCC1)c1cccs1. The van der Waals surface area contributed by atoms with Crippen LogP contribution in [-0.4, -0.2) is 76.2 Å². The minimum Gasteiger partial charge on any atom is -0.379 e. The van der Waals surface area contributed by atoms with Crippen molar-refractivity contribution in [1.82, 2.24) is 14.5 Å². The van der Waals surface area contributed by atoms with Crippen LogP contribution in [0.5, 0.6) is 0 Å². The molecule has 1 fully saturated rings. The average Bonchev–Trinajstić information content (AvgIpc) is 3.08. The van der Waals surface area contributed by atoms with Gasteiger partial charge in [0.2, 0.25) is 15.9 Å². The fourth-order valence-electron chi connectivity index (χ4n) is 2.49. The molecule has 1 saturated heterocycles. The zero-order chi connectivity index (χ0) is 17.6. The van der Waals surface area contributed by atoms with Crippen molar-refractivity contribution >= 4 is 27.3 Å². The summed E-state index contributed by atoms with van der Waals surface area (Å²) in [5.74, 6) is -0.403. The maximum atomic E-state index is 12.2. The van der Waals surface area contributed by atoms with Crippen molar-refractivity contribution in [3.05, 3.63) is 22.4 Å². The van der Waals surface area contributed by atoms with Gasteiger partial charge in [0.1, 0.15) is 0 Å². The number of nitrogens with one attached hydrogen (secondary N) is 1. The normalized spacial score (nSPS) is 17.8. The fraction of sp³-hybridized carbons (Fsp3) is 0.667.